The molecule has 0 saturated carbocycles. The lowest BCUT2D eigenvalue weighted by atomic mass is 10.1. The maximum Gasteiger partial charge on any atom is 0.257 e. The molecule has 0 spiro atoms. The zero-order valence-corrected chi connectivity index (χ0v) is 17.6. The molecule has 0 aliphatic heterocycles. The van der Waals surface area contributed by atoms with Gasteiger partial charge in [0.25, 0.3) is 11.8 Å². The first-order valence-electron chi connectivity index (χ1n) is 9.65. The van der Waals surface area contributed by atoms with E-state index in [1.807, 2.05) is 53.9 Å². The molecule has 0 bridgehead atoms. The van der Waals surface area contributed by atoms with E-state index in [9.17, 15) is 9.59 Å². The van der Waals surface area contributed by atoms with Crippen molar-refractivity contribution >= 4 is 50.4 Å². The average Bonchev–Trinajstić information content (AvgIpc) is 3.24. The van der Waals surface area contributed by atoms with Gasteiger partial charge in [0.15, 0.2) is 5.82 Å². The molecule has 0 aliphatic carbocycles. The molecular formula is C23H21N5O2S. The molecule has 0 radical (unpaired) electrons. The molecule has 0 atom stereocenters. The number of aromatic nitrogens is 1. The number of benzene rings is 2. The minimum Gasteiger partial charge on any atom is -0.355 e. The van der Waals surface area contributed by atoms with Crippen molar-refractivity contribution in [1.82, 2.24) is 10.3 Å². The highest BCUT2D eigenvalue weighted by atomic mass is 32.1. The van der Waals surface area contributed by atoms with Gasteiger partial charge in [0.1, 0.15) is 0 Å². The van der Waals surface area contributed by atoms with E-state index in [2.05, 4.69) is 20.9 Å². The number of carbonyl (C=O) groups is 2. The number of nitrogens with two attached hydrogens (primary N) is 1. The van der Waals surface area contributed by atoms with Gasteiger partial charge in [0.05, 0.1) is 16.8 Å². The highest BCUT2D eigenvalue weighted by molar-refractivity contribution is 7.17. The topological polar surface area (TPSA) is 109 Å². The standard InChI is InChI=1S/C23H21N5O2S/c1-25-22(29)15-10-19(21(26-12-15)27-18-8-4-2-6-14(18)11-24)28-23(30)17-13-31-20-9-5-3-7-16(17)20/h2-10,12-13H,11,24H2,1H3,(H,25,29)(H,26,27)(H,28,30). The van der Waals surface area contributed by atoms with Gasteiger partial charge in [0.2, 0.25) is 0 Å². The van der Waals surface area contributed by atoms with Gasteiger partial charge < -0.3 is 21.7 Å². The molecule has 4 aromatic rings. The monoisotopic (exact) mass is 431 g/mol. The normalized spacial score (nSPS) is 10.6. The first-order chi connectivity index (χ1) is 15.1. The van der Waals surface area contributed by atoms with Gasteiger partial charge in [-0.15, -0.1) is 11.3 Å². The number of pyridine rings is 1. The molecule has 2 heterocycles. The van der Waals surface area contributed by atoms with Gasteiger partial charge in [-0.25, -0.2) is 4.98 Å². The van der Waals surface area contributed by atoms with Gasteiger partial charge in [-0.2, -0.15) is 0 Å². The Labute approximate surface area is 183 Å². The number of anilines is 3. The number of hydrogen-bond donors (Lipinski definition) is 4. The predicted molar refractivity (Wildman–Crippen MR) is 125 cm³/mol. The van der Waals surface area contributed by atoms with Gasteiger partial charge in [0, 0.05) is 40.9 Å². The number of thiophene rings is 1. The van der Waals surface area contributed by atoms with Crippen LogP contribution in [0.1, 0.15) is 26.3 Å². The third-order valence-corrected chi connectivity index (χ3v) is 5.80. The first kappa shape index (κ1) is 20.5. The molecule has 31 heavy (non-hydrogen) atoms. The predicted octanol–water partition coefficient (Wildman–Crippen LogP) is 4.11. The highest BCUT2D eigenvalue weighted by Crippen LogP contribution is 2.29. The Hall–Kier alpha value is -3.75. The van der Waals surface area contributed by atoms with Crippen LogP contribution in [0.4, 0.5) is 17.2 Å². The third kappa shape index (κ3) is 4.25. The van der Waals surface area contributed by atoms with Crippen LogP contribution < -0.4 is 21.7 Å². The summed E-state index contributed by atoms with van der Waals surface area (Å²) in [6, 6.07) is 16.9. The summed E-state index contributed by atoms with van der Waals surface area (Å²) in [4.78, 5) is 29.6. The average molecular weight is 432 g/mol. The van der Waals surface area contributed by atoms with Crippen LogP contribution in [0.25, 0.3) is 10.1 Å². The summed E-state index contributed by atoms with van der Waals surface area (Å²) in [6.07, 6.45) is 1.46. The highest BCUT2D eigenvalue weighted by Gasteiger charge is 2.17. The van der Waals surface area contributed by atoms with E-state index in [0.29, 0.717) is 29.2 Å². The molecule has 7 nitrogen and oxygen atoms in total. The van der Waals surface area contributed by atoms with E-state index in [-0.39, 0.29) is 11.8 Å². The van der Waals surface area contributed by atoms with E-state index in [4.69, 9.17) is 5.73 Å². The van der Waals surface area contributed by atoms with Gasteiger partial charge >= 0.3 is 0 Å². The Kier molecular flexibility index (Phi) is 5.92. The van der Waals surface area contributed by atoms with Crippen molar-refractivity contribution in [3.8, 4) is 0 Å². The van der Waals surface area contributed by atoms with E-state index < -0.39 is 0 Å². The number of hydrogen-bond acceptors (Lipinski definition) is 6. The molecule has 0 fully saturated rings. The molecule has 2 aromatic heterocycles. The summed E-state index contributed by atoms with van der Waals surface area (Å²) in [5, 5.41) is 11.4. The summed E-state index contributed by atoms with van der Waals surface area (Å²) in [6.45, 7) is 0.349. The van der Waals surface area contributed by atoms with Crippen LogP contribution in [-0.2, 0) is 6.54 Å². The van der Waals surface area contributed by atoms with Crippen molar-refractivity contribution in [3.05, 3.63) is 82.9 Å². The molecule has 8 heteroatoms. The van der Waals surface area contributed by atoms with Crippen LogP contribution in [0.15, 0.2) is 66.2 Å². The van der Waals surface area contributed by atoms with Crippen molar-refractivity contribution in [2.24, 2.45) is 5.73 Å². The van der Waals surface area contributed by atoms with Crippen molar-refractivity contribution in [3.63, 3.8) is 0 Å². The molecule has 0 unspecified atom stereocenters. The van der Waals surface area contributed by atoms with E-state index in [0.717, 1.165) is 21.3 Å². The third-order valence-electron chi connectivity index (χ3n) is 4.84. The second-order valence-corrected chi connectivity index (χ2v) is 7.70. The summed E-state index contributed by atoms with van der Waals surface area (Å²) in [5.74, 6) is -0.150. The Balaban J connectivity index is 1.71. The van der Waals surface area contributed by atoms with Crippen molar-refractivity contribution in [2.45, 2.75) is 6.54 Å². The zero-order valence-electron chi connectivity index (χ0n) is 16.8. The van der Waals surface area contributed by atoms with Crippen LogP contribution in [0.2, 0.25) is 0 Å². The van der Waals surface area contributed by atoms with Gasteiger partial charge in [-0.05, 0) is 23.8 Å². The maximum absolute atomic E-state index is 13.1. The molecule has 4 rings (SSSR count). The summed E-state index contributed by atoms with van der Waals surface area (Å²) in [7, 11) is 1.54. The van der Waals surface area contributed by atoms with Crippen LogP contribution in [0, 0.1) is 0 Å². The molecule has 156 valence electrons. The van der Waals surface area contributed by atoms with Crippen LogP contribution in [0.3, 0.4) is 0 Å². The first-order valence-corrected chi connectivity index (χ1v) is 10.5. The second kappa shape index (κ2) is 8.95. The van der Waals surface area contributed by atoms with Gasteiger partial charge in [-0.1, -0.05) is 36.4 Å². The maximum atomic E-state index is 13.1. The summed E-state index contributed by atoms with van der Waals surface area (Å²) in [5.41, 5.74) is 8.83. The van der Waals surface area contributed by atoms with E-state index in [1.54, 1.807) is 13.1 Å². The van der Waals surface area contributed by atoms with E-state index >= 15 is 0 Å². The van der Waals surface area contributed by atoms with Crippen LogP contribution >= 0.6 is 11.3 Å². The quantitative estimate of drug-likeness (QED) is 0.367. The Morgan fingerprint density at radius 3 is 2.61 bits per heavy atom. The summed E-state index contributed by atoms with van der Waals surface area (Å²) >= 11 is 1.51. The zero-order chi connectivity index (χ0) is 21.8. The van der Waals surface area contributed by atoms with Crippen LogP contribution in [0.5, 0.6) is 0 Å². The largest absolute Gasteiger partial charge is 0.355 e. The fraction of sp³-hybridized carbons (Fsp3) is 0.0870. The number of amides is 2. The Morgan fingerprint density at radius 2 is 1.81 bits per heavy atom. The van der Waals surface area contributed by atoms with Crippen molar-refractivity contribution < 1.29 is 9.59 Å². The van der Waals surface area contributed by atoms with Crippen molar-refractivity contribution in [2.75, 3.05) is 17.7 Å². The number of carbonyl (C=O) groups excluding carboxylic acids is 2. The molecule has 2 amide bonds. The molecule has 5 N–H and O–H groups in total. The van der Waals surface area contributed by atoms with Crippen LogP contribution in [-0.4, -0.2) is 23.8 Å². The molecule has 2 aromatic carbocycles. The minimum absolute atomic E-state index is 0.275. The smallest absolute Gasteiger partial charge is 0.257 e. The number of rotatable bonds is 6. The minimum atomic E-state index is -0.294. The number of nitrogens with zero attached hydrogens (tertiary/aromatic N) is 1. The Morgan fingerprint density at radius 1 is 1.03 bits per heavy atom. The molecule has 0 aliphatic rings. The number of nitrogens with one attached hydrogen (secondary N) is 3. The Bertz CT molecular complexity index is 1270. The fourth-order valence-electron chi connectivity index (χ4n) is 3.22. The molecule has 0 saturated heterocycles. The lowest BCUT2D eigenvalue weighted by Gasteiger charge is -2.15. The lowest BCUT2D eigenvalue weighted by Crippen LogP contribution is -2.19. The molecular weight excluding hydrogens is 410 g/mol. The van der Waals surface area contributed by atoms with Crippen molar-refractivity contribution in [1.29, 1.82) is 0 Å². The fourth-order valence-corrected chi connectivity index (χ4v) is 4.16. The lowest BCUT2D eigenvalue weighted by molar-refractivity contribution is 0.0961. The number of para-hydroxylation sites is 1. The SMILES string of the molecule is CNC(=O)c1cnc(Nc2ccccc2CN)c(NC(=O)c2csc3ccccc23)c1. The number of fused-ring (bicyclic) bond motifs is 1. The second-order valence-electron chi connectivity index (χ2n) is 6.79. The summed E-state index contributed by atoms with van der Waals surface area (Å²) < 4.78 is 1.03. The van der Waals surface area contributed by atoms with Gasteiger partial charge in [-0.3, -0.25) is 9.59 Å². The van der Waals surface area contributed by atoms with E-state index in [1.165, 1.54) is 17.5 Å².